The van der Waals surface area contributed by atoms with Gasteiger partial charge in [-0.2, -0.15) is 0 Å². The molecular weight excluding hydrogens is 477 g/mol. The molecule has 0 saturated heterocycles. The Morgan fingerprint density at radius 3 is 2.50 bits per heavy atom. The largest absolute Gasteiger partial charge is 0.488 e. The Balaban J connectivity index is 2.19. The molecule has 0 radical (unpaired) electrons. The number of benzene rings is 3. The molecular formula is C21H19BrFNO5S. The molecule has 0 fully saturated rings. The highest BCUT2D eigenvalue weighted by atomic mass is 79.9. The lowest BCUT2D eigenvalue weighted by molar-refractivity contribution is -0.140. The highest BCUT2D eigenvalue weighted by Crippen LogP contribution is 2.39. The SMILES string of the molecule is COC(=O)CC(c1c(OCc2ccccc2)cc2ccc(Br)cc2c1F)S(N)(=O)=O. The van der Waals surface area contributed by atoms with Gasteiger partial charge in [0.15, 0.2) is 0 Å². The van der Waals surface area contributed by atoms with E-state index in [2.05, 4.69) is 20.7 Å². The molecule has 0 saturated carbocycles. The maximum atomic E-state index is 15.6. The number of ether oxygens (including phenoxy) is 2. The molecule has 0 aliphatic rings. The number of hydrogen-bond donors (Lipinski definition) is 1. The Morgan fingerprint density at radius 2 is 1.87 bits per heavy atom. The second-order valence-corrected chi connectivity index (χ2v) is 9.26. The predicted molar refractivity (Wildman–Crippen MR) is 115 cm³/mol. The number of sulfonamides is 1. The highest BCUT2D eigenvalue weighted by molar-refractivity contribution is 9.10. The lowest BCUT2D eigenvalue weighted by atomic mass is 10.0. The highest BCUT2D eigenvalue weighted by Gasteiger charge is 2.34. The Morgan fingerprint density at radius 1 is 1.17 bits per heavy atom. The Bertz CT molecular complexity index is 1180. The van der Waals surface area contributed by atoms with Crippen molar-refractivity contribution in [1.29, 1.82) is 0 Å². The van der Waals surface area contributed by atoms with Crippen molar-refractivity contribution in [3.63, 3.8) is 0 Å². The minimum atomic E-state index is -4.36. The Labute approximate surface area is 182 Å². The summed E-state index contributed by atoms with van der Waals surface area (Å²) in [6.45, 7) is 0.0743. The van der Waals surface area contributed by atoms with E-state index in [0.717, 1.165) is 12.7 Å². The number of fused-ring (bicyclic) bond motifs is 1. The van der Waals surface area contributed by atoms with Crippen LogP contribution in [0.4, 0.5) is 4.39 Å². The second-order valence-electron chi connectivity index (χ2n) is 6.60. The average molecular weight is 496 g/mol. The van der Waals surface area contributed by atoms with Crippen molar-refractivity contribution >= 4 is 42.7 Å². The van der Waals surface area contributed by atoms with Gasteiger partial charge in [0.25, 0.3) is 0 Å². The summed E-state index contributed by atoms with van der Waals surface area (Å²) in [7, 11) is -3.25. The summed E-state index contributed by atoms with van der Waals surface area (Å²) >= 11 is 3.28. The molecule has 3 rings (SSSR count). The topological polar surface area (TPSA) is 95.7 Å². The fourth-order valence-electron chi connectivity index (χ4n) is 3.09. The van der Waals surface area contributed by atoms with Gasteiger partial charge in [0.1, 0.15) is 23.4 Å². The van der Waals surface area contributed by atoms with Crippen LogP contribution < -0.4 is 9.88 Å². The number of esters is 1. The first-order chi connectivity index (χ1) is 14.2. The van der Waals surface area contributed by atoms with E-state index in [4.69, 9.17) is 9.88 Å². The second kappa shape index (κ2) is 9.11. The van der Waals surface area contributed by atoms with Crippen LogP contribution >= 0.6 is 15.9 Å². The van der Waals surface area contributed by atoms with Crippen molar-refractivity contribution in [2.75, 3.05) is 7.11 Å². The van der Waals surface area contributed by atoms with Crippen molar-refractivity contribution in [2.45, 2.75) is 18.3 Å². The first-order valence-corrected chi connectivity index (χ1v) is 11.3. The van der Waals surface area contributed by atoms with Gasteiger partial charge in [-0.1, -0.05) is 52.3 Å². The lowest BCUT2D eigenvalue weighted by Crippen LogP contribution is -2.26. The van der Waals surface area contributed by atoms with Gasteiger partial charge in [-0.3, -0.25) is 4.79 Å². The van der Waals surface area contributed by atoms with Gasteiger partial charge in [0.2, 0.25) is 10.0 Å². The number of hydrogen-bond acceptors (Lipinski definition) is 5. The molecule has 3 aromatic rings. The van der Waals surface area contributed by atoms with E-state index in [1.807, 2.05) is 30.3 Å². The zero-order valence-corrected chi connectivity index (χ0v) is 18.4. The van der Waals surface area contributed by atoms with Crippen molar-refractivity contribution < 1.29 is 27.1 Å². The van der Waals surface area contributed by atoms with Crippen LogP contribution in [-0.4, -0.2) is 21.5 Å². The van der Waals surface area contributed by atoms with Gasteiger partial charge in [0, 0.05) is 9.86 Å². The maximum absolute atomic E-state index is 15.6. The van der Waals surface area contributed by atoms with E-state index in [0.29, 0.717) is 9.86 Å². The third-order valence-electron chi connectivity index (χ3n) is 4.58. The fraction of sp³-hybridized carbons (Fsp3) is 0.190. The van der Waals surface area contributed by atoms with E-state index in [1.165, 1.54) is 6.07 Å². The van der Waals surface area contributed by atoms with E-state index in [-0.39, 0.29) is 23.3 Å². The van der Waals surface area contributed by atoms with Crippen LogP contribution in [-0.2, 0) is 26.2 Å². The zero-order valence-electron chi connectivity index (χ0n) is 16.0. The minimum absolute atomic E-state index is 0.00546. The van der Waals surface area contributed by atoms with Crippen molar-refractivity contribution in [1.82, 2.24) is 0 Å². The van der Waals surface area contributed by atoms with Crippen LogP contribution in [0.15, 0.2) is 59.1 Å². The Hall–Kier alpha value is -2.49. The molecule has 1 atom stereocenters. The van der Waals surface area contributed by atoms with Crippen LogP contribution in [0, 0.1) is 5.82 Å². The minimum Gasteiger partial charge on any atom is -0.488 e. The molecule has 158 valence electrons. The summed E-state index contributed by atoms with van der Waals surface area (Å²) < 4.78 is 51.2. The molecule has 30 heavy (non-hydrogen) atoms. The van der Waals surface area contributed by atoms with Crippen LogP contribution in [0.3, 0.4) is 0 Å². The van der Waals surface area contributed by atoms with Crippen molar-refractivity contribution in [3.05, 3.63) is 76.0 Å². The van der Waals surface area contributed by atoms with E-state index < -0.39 is 33.5 Å². The third kappa shape index (κ3) is 4.97. The summed E-state index contributed by atoms with van der Waals surface area (Å²) in [4.78, 5) is 11.8. The number of methoxy groups -OCH3 is 1. The number of carbonyl (C=O) groups excluding carboxylic acids is 1. The first kappa shape index (κ1) is 22.2. The number of rotatable bonds is 7. The monoisotopic (exact) mass is 495 g/mol. The van der Waals surface area contributed by atoms with E-state index in [9.17, 15) is 13.2 Å². The summed E-state index contributed by atoms with van der Waals surface area (Å²) in [6, 6.07) is 15.6. The number of nitrogens with two attached hydrogens (primary N) is 1. The van der Waals surface area contributed by atoms with Gasteiger partial charge in [0.05, 0.1) is 19.1 Å². The lowest BCUT2D eigenvalue weighted by Gasteiger charge is -2.20. The summed E-state index contributed by atoms with van der Waals surface area (Å²) in [5, 5.41) is 4.38. The molecule has 0 spiro atoms. The molecule has 0 amide bonds. The molecule has 0 bridgehead atoms. The molecule has 0 aromatic heterocycles. The molecule has 1 unspecified atom stereocenters. The van der Waals surface area contributed by atoms with Gasteiger partial charge in [-0.15, -0.1) is 0 Å². The molecule has 0 aliphatic carbocycles. The fourth-order valence-corrected chi connectivity index (χ4v) is 4.37. The van der Waals surface area contributed by atoms with Crippen molar-refractivity contribution in [2.24, 2.45) is 5.14 Å². The smallest absolute Gasteiger partial charge is 0.307 e. The van der Waals surface area contributed by atoms with Crippen LogP contribution in [0.1, 0.15) is 22.8 Å². The predicted octanol–water partition coefficient (Wildman–Crippen LogP) is 4.21. The standard InChI is InChI=1S/C21H19BrFNO5S/c1-28-19(25)11-18(30(24,26)27)20-17(29-12-13-5-3-2-4-6-13)9-14-7-8-15(22)10-16(14)21(20)23/h2-10,18H,11-12H2,1H3,(H2,24,26,27). The zero-order chi connectivity index (χ0) is 21.9. The normalized spacial score (nSPS) is 12.5. The van der Waals surface area contributed by atoms with E-state index in [1.54, 1.807) is 18.2 Å². The third-order valence-corrected chi connectivity index (χ3v) is 6.26. The number of carbonyl (C=O) groups is 1. The molecule has 0 heterocycles. The van der Waals surface area contributed by atoms with Crippen molar-refractivity contribution in [3.8, 4) is 5.75 Å². The summed E-state index contributed by atoms with van der Waals surface area (Å²) in [6.07, 6.45) is -0.645. The number of halogens is 2. The average Bonchev–Trinajstić information content (AvgIpc) is 2.71. The first-order valence-electron chi connectivity index (χ1n) is 8.87. The van der Waals surface area contributed by atoms with Crippen LogP contribution in [0.2, 0.25) is 0 Å². The van der Waals surface area contributed by atoms with Gasteiger partial charge >= 0.3 is 5.97 Å². The van der Waals surface area contributed by atoms with E-state index >= 15 is 4.39 Å². The molecule has 0 aliphatic heterocycles. The molecule has 3 aromatic carbocycles. The summed E-state index contributed by atoms with van der Waals surface area (Å²) in [5.74, 6) is -1.66. The quantitative estimate of drug-likeness (QED) is 0.495. The molecule has 6 nitrogen and oxygen atoms in total. The van der Waals surface area contributed by atoms with Crippen LogP contribution in [0.25, 0.3) is 10.8 Å². The van der Waals surface area contributed by atoms with Gasteiger partial charge in [-0.25, -0.2) is 17.9 Å². The maximum Gasteiger partial charge on any atom is 0.307 e. The molecule has 9 heteroatoms. The van der Waals surface area contributed by atoms with Crippen LogP contribution in [0.5, 0.6) is 5.75 Å². The Kier molecular flexibility index (Phi) is 6.74. The molecule has 2 N–H and O–H groups in total. The van der Waals surface area contributed by atoms with Gasteiger partial charge in [-0.05, 0) is 29.1 Å². The van der Waals surface area contributed by atoms with Gasteiger partial charge < -0.3 is 9.47 Å². The summed E-state index contributed by atoms with van der Waals surface area (Å²) in [5.41, 5.74) is 0.504. The number of primary sulfonamides is 1.